The van der Waals surface area contributed by atoms with Gasteiger partial charge in [-0.3, -0.25) is 4.79 Å². The molecule has 1 heterocycles. The molecule has 0 aliphatic heterocycles. The lowest BCUT2D eigenvalue weighted by atomic mass is 10.2. The van der Waals surface area contributed by atoms with Crippen molar-refractivity contribution in [3.8, 4) is 0 Å². The number of ether oxygens (including phenoxy) is 1. The highest BCUT2D eigenvalue weighted by molar-refractivity contribution is 5.94. The van der Waals surface area contributed by atoms with E-state index >= 15 is 0 Å². The first-order valence-electron chi connectivity index (χ1n) is 6.43. The van der Waals surface area contributed by atoms with E-state index in [0.29, 0.717) is 11.4 Å². The number of methoxy groups -OCH3 is 1. The summed E-state index contributed by atoms with van der Waals surface area (Å²) in [6, 6.07) is 1.94. The number of hydrogen-bond donors (Lipinski definition) is 2. The van der Waals surface area contributed by atoms with Crippen LogP contribution in [0.4, 0.5) is 5.69 Å². The molecular formula is C13H21N3O2. The highest BCUT2D eigenvalue weighted by Gasteiger charge is 2.26. The second-order valence-corrected chi connectivity index (χ2v) is 4.79. The highest BCUT2D eigenvalue weighted by atomic mass is 16.5. The molecule has 5 heteroatoms. The van der Waals surface area contributed by atoms with Crippen LogP contribution in [0.3, 0.4) is 0 Å². The number of hydrogen-bond acceptors (Lipinski definition) is 3. The second kappa shape index (κ2) is 5.44. The van der Waals surface area contributed by atoms with Crippen molar-refractivity contribution in [2.45, 2.75) is 44.9 Å². The number of anilines is 1. The Kier molecular flexibility index (Phi) is 3.91. The second-order valence-electron chi connectivity index (χ2n) is 4.79. The molecule has 2 unspecified atom stereocenters. The normalized spacial score (nSPS) is 23.2. The maximum absolute atomic E-state index is 12.2. The monoisotopic (exact) mass is 251 g/mol. The van der Waals surface area contributed by atoms with E-state index in [1.807, 2.05) is 11.5 Å². The van der Waals surface area contributed by atoms with E-state index < -0.39 is 0 Å². The van der Waals surface area contributed by atoms with E-state index in [0.717, 1.165) is 25.8 Å². The predicted molar refractivity (Wildman–Crippen MR) is 70.4 cm³/mol. The summed E-state index contributed by atoms with van der Waals surface area (Å²) >= 11 is 0. The van der Waals surface area contributed by atoms with Crippen LogP contribution in [0, 0.1) is 0 Å². The van der Waals surface area contributed by atoms with Crippen LogP contribution in [0.15, 0.2) is 12.3 Å². The van der Waals surface area contributed by atoms with E-state index in [2.05, 4.69) is 5.32 Å². The molecule has 0 radical (unpaired) electrons. The molecule has 2 atom stereocenters. The number of carbonyl (C=O) groups is 1. The van der Waals surface area contributed by atoms with Crippen LogP contribution < -0.4 is 11.1 Å². The average Bonchev–Trinajstić information content (AvgIpc) is 2.95. The Bertz CT molecular complexity index is 428. The first-order chi connectivity index (χ1) is 8.63. The first kappa shape index (κ1) is 13.0. The van der Waals surface area contributed by atoms with Crippen molar-refractivity contribution in [3.05, 3.63) is 18.0 Å². The van der Waals surface area contributed by atoms with Gasteiger partial charge < -0.3 is 20.4 Å². The molecule has 1 aliphatic rings. The summed E-state index contributed by atoms with van der Waals surface area (Å²) in [6.45, 7) is 2.73. The van der Waals surface area contributed by atoms with E-state index in [9.17, 15) is 4.79 Å². The fourth-order valence-electron chi connectivity index (χ4n) is 2.53. The topological polar surface area (TPSA) is 69.3 Å². The summed E-state index contributed by atoms with van der Waals surface area (Å²) in [4.78, 5) is 12.2. The van der Waals surface area contributed by atoms with Crippen molar-refractivity contribution in [3.63, 3.8) is 0 Å². The lowest BCUT2D eigenvalue weighted by Crippen LogP contribution is -2.34. The van der Waals surface area contributed by atoms with Crippen LogP contribution in [0.25, 0.3) is 0 Å². The van der Waals surface area contributed by atoms with Crippen LogP contribution in [-0.4, -0.2) is 29.7 Å². The highest BCUT2D eigenvalue weighted by Crippen LogP contribution is 2.22. The molecular weight excluding hydrogens is 230 g/mol. The number of nitrogens with zero attached hydrogens (tertiary/aromatic N) is 1. The number of aromatic nitrogens is 1. The number of carbonyl (C=O) groups excluding carboxylic acids is 1. The Morgan fingerprint density at radius 2 is 2.39 bits per heavy atom. The summed E-state index contributed by atoms with van der Waals surface area (Å²) < 4.78 is 7.17. The smallest absolute Gasteiger partial charge is 0.268 e. The molecule has 2 rings (SSSR count). The maximum atomic E-state index is 12.2. The number of aryl methyl sites for hydroxylation is 1. The lowest BCUT2D eigenvalue weighted by molar-refractivity contribution is 0.0906. The molecule has 1 aliphatic carbocycles. The Balaban J connectivity index is 1.99. The zero-order valence-corrected chi connectivity index (χ0v) is 11.0. The first-order valence-corrected chi connectivity index (χ1v) is 6.43. The molecule has 18 heavy (non-hydrogen) atoms. The van der Waals surface area contributed by atoms with Gasteiger partial charge in [-0.2, -0.15) is 0 Å². The third kappa shape index (κ3) is 2.67. The average molecular weight is 251 g/mol. The van der Waals surface area contributed by atoms with Gasteiger partial charge in [0, 0.05) is 25.9 Å². The van der Waals surface area contributed by atoms with Crippen molar-refractivity contribution in [2.24, 2.45) is 0 Å². The largest absolute Gasteiger partial charge is 0.397 e. The van der Waals surface area contributed by atoms with E-state index in [1.165, 1.54) is 0 Å². The molecule has 1 fully saturated rings. The molecule has 1 aromatic heterocycles. The molecule has 1 amide bonds. The molecule has 1 saturated carbocycles. The number of nitrogen functional groups attached to an aromatic ring is 1. The quantitative estimate of drug-likeness (QED) is 0.849. The minimum Gasteiger partial charge on any atom is -0.397 e. The zero-order valence-electron chi connectivity index (χ0n) is 11.0. The van der Waals surface area contributed by atoms with E-state index in [-0.39, 0.29) is 18.1 Å². The summed E-state index contributed by atoms with van der Waals surface area (Å²) in [5.74, 6) is -0.0460. The molecule has 0 spiro atoms. The molecule has 5 nitrogen and oxygen atoms in total. The van der Waals surface area contributed by atoms with Gasteiger partial charge in [-0.15, -0.1) is 0 Å². The number of nitrogens with two attached hydrogens (primary N) is 1. The van der Waals surface area contributed by atoms with Crippen molar-refractivity contribution in [1.82, 2.24) is 9.88 Å². The summed E-state index contributed by atoms with van der Waals surface area (Å²) in [5.41, 5.74) is 6.99. The fraction of sp³-hybridized carbons (Fsp3) is 0.615. The Morgan fingerprint density at radius 1 is 1.61 bits per heavy atom. The van der Waals surface area contributed by atoms with Gasteiger partial charge in [0.15, 0.2) is 0 Å². The molecule has 1 aromatic rings. The molecule has 0 bridgehead atoms. The van der Waals surface area contributed by atoms with E-state index in [4.69, 9.17) is 10.5 Å². The minimum absolute atomic E-state index is 0.0460. The number of rotatable bonds is 4. The van der Waals surface area contributed by atoms with Crippen molar-refractivity contribution in [2.75, 3.05) is 12.8 Å². The summed E-state index contributed by atoms with van der Waals surface area (Å²) in [7, 11) is 1.72. The van der Waals surface area contributed by atoms with Gasteiger partial charge in [0.1, 0.15) is 5.69 Å². The Labute approximate surface area is 107 Å². The zero-order chi connectivity index (χ0) is 13.1. The van der Waals surface area contributed by atoms with Crippen LogP contribution in [-0.2, 0) is 11.3 Å². The van der Waals surface area contributed by atoms with Gasteiger partial charge in [-0.25, -0.2) is 0 Å². The molecule has 0 aromatic carbocycles. The van der Waals surface area contributed by atoms with Crippen molar-refractivity contribution >= 4 is 11.6 Å². The van der Waals surface area contributed by atoms with Gasteiger partial charge in [-0.05, 0) is 32.3 Å². The van der Waals surface area contributed by atoms with Crippen molar-refractivity contribution in [1.29, 1.82) is 0 Å². The van der Waals surface area contributed by atoms with Crippen LogP contribution in [0.1, 0.15) is 36.7 Å². The van der Waals surface area contributed by atoms with Crippen LogP contribution in [0.2, 0.25) is 0 Å². The van der Waals surface area contributed by atoms with Crippen LogP contribution in [0.5, 0.6) is 0 Å². The van der Waals surface area contributed by atoms with Gasteiger partial charge in [0.05, 0.1) is 11.8 Å². The summed E-state index contributed by atoms with van der Waals surface area (Å²) in [5, 5.41) is 3.05. The standard InChI is InChI=1S/C13H21N3O2/c1-3-16-8-9(14)6-12(16)13(17)15-10-4-5-11(7-10)18-2/h6,8,10-11H,3-5,7,14H2,1-2H3,(H,15,17). The van der Waals surface area contributed by atoms with E-state index in [1.54, 1.807) is 19.4 Å². The van der Waals surface area contributed by atoms with Gasteiger partial charge >= 0.3 is 0 Å². The predicted octanol–water partition coefficient (Wildman–Crippen LogP) is 1.39. The van der Waals surface area contributed by atoms with Gasteiger partial charge in [-0.1, -0.05) is 0 Å². The minimum atomic E-state index is -0.0460. The number of amides is 1. The third-order valence-electron chi connectivity index (χ3n) is 3.54. The lowest BCUT2D eigenvalue weighted by Gasteiger charge is -2.13. The fourth-order valence-corrected chi connectivity index (χ4v) is 2.53. The van der Waals surface area contributed by atoms with Gasteiger partial charge in [0.2, 0.25) is 0 Å². The van der Waals surface area contributed by atoms with Crippen LogP contribution >= 0.6 is 0 Å². The third-order valence-corrected chi connectivity index (χ3v) is 3.54. The SMILES string of the molecule is CCn1cc(N)cc1C(=O)NC1CCC(OC)C1. The summed E-state index contributed by atoms with van der Waals surface area (Å²) in [6.07, 6.45) is 4.95. The van der Waals surface area contributed by atoms with Gasteiger partial charge in [0.25, 0.3) is 5.91 Å². The van der Waals surface area contributed by atoms with Crippen molar-refractivity contribution < 1.29 is 9.53 Å². The Hall–Kier alpha value is -1.49. The molecule has 0 saturated heterocycles. The molecule has 100 valence electrons. The number of nitrogens with one attached hydrogen (secondary N) is 1. The maximum Gasteiger partial charge on any atom is 0.268 e. The molecule has 3 N–H and O–H groups in total. The Morgan fingerprint density at radius 3 is 3.00 bits per heavy atom.